The topological polar surface area (TPSA) is 120 Å². The predicted molar refractivity (Wildman–Crippen MR) is 133 cm³/mol. The first-order valence-corrected chi connectivity index (χ1v) is 11.3. The molecule has 0 atom stereocenters. The van der Waals surface area contributed by atoms with E-state index >= 15 is 0 Å². The first-order valence-electron chi connectivity index (χ1n) is 11.3. The van der Waals surface area contributed by atoms with Crippen LogP contribution in [0.3, 0.4) is 0 Å². The lowest BCUT2D eigenvalue weighted by atomic mass is 10.1. The van der Waals surface area contributed by atoms with Crippen LogP contribution in [0.5, 0.6) is 0 Å². The van der Waals surface area contributed by atoms with Crippen molar-refractivity contribution in [3.63, 3.8) is 0 Å². The van der Waals surface area contributed by atoms with Gasteiger partial charge in [0.2, 0.25) is 11.9 Å². The number of amides is 1. The quantitative estimate of drug-likeness (QED) is 0.258. The van der Waals surface area contributed by atoms with E-state index < -0.39 is 5.91 Å². The number of nitrogens with zero attached hydrogens (tertiary/aromatic N) is 7. The molecule has 1 saturated heterocycles. The highest BCUT2D eigenvalue weighted by Gasteiger charge is 2.22. The molecular weight excluding hydrogens is 456 g/mol. The number of rotatable bonds is 4. The highest BCUT2D eigenvalue weighted by atomic mass is 16.5. The average molecular weight is 479 g/mol. The second kappa shape index (κ2) is 10.6. The van der Waals surface area contributed by atoms with Crippen LogP contribution in [0.25, 0.3) is 11.3 Å². The van der Waals surface area contributed by atoms with Crippen LogP contribution in [0.4, 0.5) is 11.9 Å². The molecule has 10 nitrogen and oxygen atoms in total. The Morgan fingerprint density at radius 3 is 2.19 bits per heavy atom. The summed E-state index contributed by atoms with van der Waals surface area (Å²) in [4.78, 5) is 38.1. The van der Waals surface area contributed by atoms with Gasteiger partial charge in [0.25, 0.3) is 5.91 Å². The summed E-state index contributed by atoms with van der Waals surface area (Å²) in [5.41, 5.74) is 4.78. The minimum Gasteiger partial charge on any atom is -0.337 e. The van der Waals surface area contributed by atoms with Gasteiger partial charge in [0.15, 0.2) is 0 Å². The summed E-state index contributed by atoms with van der Waals surface area (Å²) < 4.78 is 0. The molecule has 36 heavy (non-hydrogen) atoms. The van der Waals surface area contributed by atoms with Gasteiger partial charge in [-0.3, -0.25) is 15.0 Å². The molecule has 2 N–H and O–H groups in total. The van der Waals surface area contributed by atoms with Gasteiger partial charge in [0, 0.05) is 67.7 Å². The van der Waals surface area contributed by atoms with Crippen molar-refractivity contribution in [3.05, 3.63) is 90.1 Å². The fourth-order valence-corrected chi connectivity index (χ4v) is 3.76. The van der Waals surface area contributed by atoms with Crippen molar-refractivity contribution >= 4 is 17.8 Å². The Bertz CT molecular complexity index is 1400. The standard InChI is InChI=1S/C26H22N8O2/c35-24(32-36)23-17-22(21-8-6-19(7-9-21)4-5-20-3-1-10-27-18-20)30-26(31-23)34-15-13-33(14-16-34)25-28-11-2-12-29-25/h1-3,6-12,17-18,36H,13-16H2,(H,32,35). The average Bonchev–Trinajstić information content (AvgIpc) is 2.97. The summed E-state index contributed by atoms with van der Waals surface area (Å²) in [6, 6.07) is 14.7. The van der Waals surface area contributed by atoms with Gasteiger partial charge < -0.3 is 9.80 Å². The van der Waals surface area contributed by atoms with Crippen LogP contribution in [0.1, 0.15) is 21.6 Å². The normalized spacial score (nSPS) is 13.0. The summed E-state index contributed by atoms with van der Waals surface area (Å²) in [6.07, 6.45) is 6.86. The molecule has 1 amide bonds. The van der Waals surface area contributed by atoms with E-state index in [1.807, 2.05) is 41.3 Å². The van der Waals surface area contributed by atoms with Gasteiger partial charge in [0.1, 0.15) is 5.69 Å². The van der Waals surface area contributed by atoms with Crippen LogP contribution in [0, 0.1) is 11.8 Å². The van der Waals surface area contributed by atoms with E-state index in [2.05, 4.69) is 36.7 Å². The molecule has 0 radical (unpaired) electrons. The number of carbonyl (C=O) groups excluding carboxylic acids is 1. The number of anilines is 2. The van der Waals surface area contributed by atoms with Gasteiger partial charge in [-0.1, -0.05) is 24.0 Å². The molecule has 1 aromatic carbocycles. The molecule has 0 saturated carbocycles. The second-order valence-corrected chi connectivity index (χ2v) is 7.97. The molecular formula is C26H22N8O2. The number of hydrogen-bond donors (Lipinski definition) is 2. The molecule has 4 aromatic rings. The van der Waals surface area contributed by atoms with E-state index in [1.54, 1.807) is 42.4 Å². The van der Waals surface area contributed by atoms with Gasteiger partial charge in [0.05, 0.1) is 5.69 Å². The Kier molecular flexibility index (Phi) is 6.73. The molecule has 5 rings (SSSR count). The lowest BCUT2D eigenvalue weighted by molar-refractivity contribution is 0.0700. The number of aromatic nitrogens is 5. The van der Waals surface area contributed by atoms with E-state index in [1.165, 1.54) is 0 Å². The van der Waals surface area contributed by atoms with E-state index in [0.29, 0.717) is 43.8 Å². The van der Waals surface area contributed by atoms with E-state index in [9.17, 15) is 10.0 Å². The molecule has 0 unspecified atom stereocenters. The maximum absolute atomic E-state index is 12.2. The Balaban J connectivity index is 1.38. The number of hydroxylamine groups is 1. The number of nitrogens with one attached hydrogen (secondary N) is 1. The fraction of sp³-hybridized carbons (Fsp3) is 0.154. The van der Waals surface area contributed by atoms with E-state index in [4.69, 9.17) is 4.98 Å². The second-order valence-electron chi connectivity index (χ2n) is 7.97. The zero-order chi connectivity index (χ0) is 24.7. The first kappa shape index (κ1) is 22.9. The lowest BCUT2D eigenvalue weighted by Gasteiger charge is -2.34. The van der Waals surface area contributed by atoms with Crippen molar-refractivity contribution in [2.24, 2.45) is 0 Å². The van der Waals surface area contributed by atoms with Crippen LogP contribution in [0.2, 0.25) is 0 Å². The van der Waals surface area contributed by atoms with Crippen molar-refractivity contribution in [3.8, 4) is 23.1 Å². The minimum atomic E-state index is -0.699. The third kappa shape index (κ3) is 5.27. The molecule has 1 fully saturated rings. The van der Waals surface area contributed by atoms with E-state index in [-0.39, 0.29) is 5.69 Å². The van der Waals surface area contributed by atoms with Gasteiger partial charge in [-0.05, 0) is 36.4 Å². The highest BCUT2D eigenvalue weighted by Crippen LogP contribution is 2.23. The minimum absolute atomic E-state index is 0.0757. The molecule has 10 heteroatoms. The van der Waals surface area contributed by atoms with Crippen LogP contribution in [0.15, 0.2) is 73.3 Å². The molecule has 3 aromatic heterocycles. The maximum Gasteiger partial charge on any atom is 0.293 e. The number of carbonyl (C=O) groups is 1. The molecule has 0 bridgehead atoms. The SMILES string of the molecule is O=C(NO)c1cc(-c2ccc(C#Cc3cccnc3)cc2)nc(N2CCN(c3ncccn3)CC2)n1. The third-order valence-corrected chi connectivity index (χ3v) is 5.64. The fourth-order valence-electron chi connectivity index (χ4n) is 3.76. The van der Waals surface area contributed by atoms with Crippen molar-refractivity contribution in [2.75, 3.05) is 36.0 Å². The van der Waals surface area contributed by atoms with Crippen LogP contribution in [-0.4, -0.2) is 62.2 Å². The smallest absolute Gasteiger partial charge is 0.293 e. The van der Waals surface area contributed by atoms with Crippen molar-refractivity contribution in [1.29, 1.82) is 0 Å². The predicted octanol–water partition coefficient (Wildman–Crippen LogP) is 2.17. The monoisotopic (exact) mass is 478 g/mol. The molecule has 0 spiro atoms. The van der Waals surface area contributed by atoms with Crippen molar-refractivity contribution < 1.29 is 10.0 Å². The highest BCUT2D eigenvalue weighted by molar-refractivity contribution is 5.92. The maximum atomic E-state index is 12.2. The molecule has 4 heterocycles. The number of pyridine rings is 1. The number of piperazine rings is 1. The van der Waals surface area contributed by atoms with Crippen LogP contribution >= 0.6 is 0 Å². The molecule has 178 valence electrons. The molecule has 1 aliphatic rings. The van der Waals surface area contributed by atoms with Gasteiger partial charge in [-0.2, -0.15) is 0 Å². The Morgan fingerprint density at radius 1 is 0.833 bits per heavy atom. The van der Waals surface area contributed by atoms with Crippen molar-refractivity contribution in [2.45, 2.75) is 0 Å². The summed E-state index contributed by atoms with van der Waals surface area (Å²) in [7, 11) is 0. The van der Waals surface area contributed by atoms with Gasteiger partial charge in [-0.15, -0.1) is 0 Å². The summed E-state index contributed by atoms with van der Waals surface area (Å²) in [5, 5.41) is 9.19. The molecule has 1 aliphatic heterocycles. The van der Waals surface area contributed by atoms with Crippen molar-refractivity contribution in [1.82, 2.24) is 30.4 Å². The van der Waals surface area contributed by atoms with Crippen LogP contribution < -0.4 is 15.3 Å². The Morgan fingerprint density at radius 2 is 1.53 bits per heavy atom. The number of hydrogen-bond acceptors (Lipinski definition) is 9. The van der Waals surface area contributed by atoms with Gasteiger partial charge >= 0.3 is 0 Å². The Labute approximate surface area is 207 Å². The Hall–Kier alpha value is -4.88. The first-order chi connectivity index (χ1) is 17.7. The zero-order valence-corrected chi connectivity index (χ0v) is 19.2. The summed E-state index contributed by atoms with van der Waals surface area (Å²) in [6.45, 7) is 2.63. The van der Waals surface area contributed by atoms with E-state index in [0.717, 1.165) is 16.7 Å². The van der Waals surface area contributed by atoms with Crippen LogP contribution in [-0.2, 0) is 0 Å². The molecule has 0 aliphatic carbocycles. The summed E-state index contributed by atoms with van der Waals surface area (Å²) >= 11 is 0. The largest absolute Gasteiger partial charge is 0.337 e. The zero-order valence-electron chi connectivity index (χ0n) is 19.2. The third-order valence-electron chi connectivity index (χ3n) is 5.64. The lowest BCUT2D eigenvalue weighted by Crippen LogP contribution is -2.47. The van der Waals surface area contributed by atoms with Gasteiger partial charge in [-0.25, -0.2) is 25.4 Å². The summed E-state index contributed by atoms with van der Waals surface area (Å²) in [5.74, 6) is 6.59. The number of benzene rings is 1.